The lowest BCUT2D eigenvalue weighted by Gasteiger charge is -2.13. The summed E-state index contributed by atoms with van der Waals surface area (Å²) in [5, 5.41) is 5.66. The van der Waals surface area contributed by atoms with E-state index in [-0.39, 0.29) is 43.1 Å². The minimum absolute atomic E-state index is 0.112. The van der Waals surface area contributed by atoms with Crippen LogP contribution >= 0.6 is 0 Å². The van der Waals surface area contributed by atoms with Gasteiger partial charge < -0.3 is 15.5 Å². The summed E-state index contributed by atoms with van der Waals surface area (Å²) in [5.41, 5.74) is 3.30. The van der Waals surface area contributed by atoms with Crippen LogP contribution in [0.15, 0.2) is 42.5 Å². The number of hydrogen-bond donors (Lipinski definition) is 2. The lowest BCUT2D eigenvalue weighted by atomic mass is 10.1. The minimum Gasteiger partial charge on any atom is -0.352 e. The van der Waals surface area contributed by atoms with Crippen molar-refractivity contribution in [3.63, 3.8) is 0 Å². The minimum atomic E-state index is -0.307. The highest BCUT2D eigenvalue weighted by Gasteiger charge is 2.34. The third-order valence-electron chi connectivity index (χ3n) is 5.07. The summed E-state index contributed by atoms with van der Waals surface area (Å²) >= 11 is 0. The van der Waals surface area contributed by atoms with Crippen molar-refractivity contribution >= 4 is 29.3 Å². The molecule has 0 saturated heterocycles. The molecule has 1 aliphatic heterocycles. The van der Waals surface area contributed by atoms with E-state index in [1.807, 2.05) is 45.3 Å². The van der Waals surface area contributed by atoms with E-state index >= 15 is 0 Å². The molecule has 0 bridgehead atoms. The van der Waals surface area contributed by atoms with Crippen LogP contribution in [-0.2, 0) is 16.1 Å². The van der Waals surface area contributed by atoms with Crippen LogP contribution in [-0.4, -0.2) is 60.6 Å². The van der Waals surface area contributed by atoms with Gasteiger partial charge in [0.15, 0.2) is 0 Å². The first-order chi connectivity index (χ1) is 15.2. The SMILES string of the molecule is Cc1ccc2c(c1)C(=O)N(CCCC(=O)NCc1cccc(NC(=O)CN(C)C)c1)C2=O. The van der Waals surface area contributed by atoms with Crippen molar-refractivity contribution in [3.8, 4) is 0 Å². The molecular weight excluding hydrogens is 408 g/mol. The second-order valence-electron chi connectivity index (χ2n) is 8.18. The van der Waals surface area contributed by atoms with Crippen LogP contribution in [0.5, 0.6) is 0 Å². The lowest BCUT2D eigenvalue weighted by Crippen LogP contribution is -2.32. The smallest absolute Gasteiger partial charge is 0.261 e. The summed E-state index contributed by atoms with van der Waals surface area (Å²) in [6.45, 7) is 2.68. The highest BCUT2D eigenvalue weighted by Crippen LogP contribution is 2.24. The average Bonchev–Trinajstić information content (AvgIpc) is 2.96. The number of nitrogens with one attached hydrogen (secondary N) is 2. The number of hydrogen-bond acceptors (Lipinski definition) is 5. The van der Waals surface area contributed by atoms with Crippen LogP contribution in [0.1, 0.15) is 44.7 Å². The number of fused-ring (bicyclic) bond motifs is 1. The Bertz CT molecular complexity index is 1050. The standard InChI is InChI=1S/C24H28N4O4/c1-16-9-10-19-20(12-16)24(32)28(23(19)31)11-5-8-21(29)25-14-17-6-4-7-18(13-17)26-22(30)15-27(2)3/h4,6-7,9-10,12-13H,5,8,11,14-15H2,1-3H3,(H,25,29)(H,26,30). The fraction of sp³-hybridized carbons (Fsp3) is 0.333. The van der Waals surface area contributed by atoms with Crippen LogP contribution in [0.4, 0.5) is 5.69 Å². The maximum absolute atomic E-state index is 12.5. The molecule has 2 aromatic rings. The fourth-order valence-corrected chi connectivity index (χ4v) is 3.54. The largest absolute Gasteiger partial charge is 0.352 e. The zero-order chi connectivity index (χ0) is 23.3. The van der Waals surface area contributed by atoms with E-state index < -0.39 is 0 Å². The van der Waals surface area contributed by atoms with E-state index in [0.29, 0.717) is 29.8 Å². The van der Waals surface area contributed by atoms with Gasteiger partial charge in [-0.2, -0.15) is 0 Å². The summed E-state index contributed by atoms with van der Waals surface area (Å²) in [7, 11) is 3.64. The van der Waals surface area contributed by atoms with Crippen LogP contribution in [0.2, 0.25) is 0 Å². The van der Waals surface area contributed by atoms with Crippen LogP contribution in [0, 0.1) is 6.92 Å². The third-order valence-corrected chi connectivity index (χ3v) is 5.07. The Labute approximate surface area is 187 Å². The molecule has 8 heteroatoms. The van der Waals surface area contributed by atoms with Gasteiger partial charge in [-0.15, -0.1) is 0 Å². The Morgan fingerprint density at radius 2 is 1.72 bits per heavy atom. The third kappa shape index (κ3) is 5.79. The van der Waals surface area contributed by atoms with Crippen molar-refractivity contribution in [1.29, 1.82) is 0 Å². The topological polar surface area (TPSA) is 98.8 Å². The van der Waals surface area contributed by atoms with Gasteiger partial charge in [-0.05, 0) is 57.3 Å². The molecule has 0 aliphatic carbocycles. The van der Waals surface area contributed by atoms with Gasteiger partial charge in [-0.25, -0.2) is 0 Å². The van der Waals surface area contributed by atoms with Gasteiger partial charge in [0.05, 0.1) is 17.7 Å². The first-order valence-electron chi connectivity index (χ1n) is 10.5. The first-order valence-corrected chi connectivity index (χ1v) is 10.5. The molecule has 3 rings (SSSR count). The van der Waals surface area contributed by atoms with E-state index in [2.05, 4.69) is 10.6 Å². The van der Waals surface area contributed by atoms with Crippen molar-refractivity contribution in [2.45, 2.75) is 26.3 Å². The zero-order valence-electron chi connectivity index (χ0n) is 18.6. The molecule has 2 aromatic carbocycles. The van der Waals surface area contributed by atoms with Crippen molar-refractivity contribution in [3.05, 3.63) is 64.7 Å². The molecule has 2 N–H and O–H groups in total. The predicted octanol–water partition coefficient (Wildman–Crippen LogP) is 2.19. The summed E-state index contributed by atoms with van der Waals surface area (Å²) < 4.78 is 0. The number of rotatable bonds is 9. The molecule has 0 radical (unpaired) electrons. The van der Waals surface area contributed by atoms with Gasteiger partial charge >= 0.3 is 0 Å². The normalized spacial score (nSPS) is 12.8. The summed E-state index contributed by atoms with van der Waals surface area (Å²) in [4.78, 5) is 52.0. The van der Waals surface area contributed by atoms with Crippen LogP contribution in [0.3, 0.4) is 0 Å². The van der Waals surface area contributed by atoms with Crippen molar-refractivity contribution in [2.24, 2.45) is 0 Å². The molecule has 4 amide bonds. The lowest BCUT2D eigenvalue weighted by molar-refractivity contribution is -0.121. The summed E-state index contributed by atoms with van der Waals surface area (Å²) in [6, 6.07) is 12.5. The highest BCUT2D eigenvalue weighted by molar-refractivity contribution is 6.21. The molecule has 0 atom stereocenters. The van der Waals surface area contributed by atoms with Crippen molar-refractivity contribution in [1.82, 2.24) is 15.1 Å². The Kier molecular flexibility index (Phi) is 7.37. The maximum atomic E-state index is 12.5. The Hall–Kier alpha value is -3.52. The number of carbonyl (C=O) groups is 4. The molecule has 168 valence electrons. The van der Waals surface area contributed by atoms with E-state index in [1.54, 1.807) is 23.1 Å². The fourth-order valence-electron chi connectivity index (χ4n) is 3.54. The molecule has 8 nitrogen and oxygen atoms in total. The van der Waals surface area contributed by atoms with Gasteiger partial charge in [0.1, 0.15) is 0 Å². The van der Waals surface area contributed by atoms with Gasteiger partial charge in [0.25, 0.3) is 11.8 Å². The quantitative estimate of drug-likeness (QED) is 0.587. The Balaban J connectivity index is 1.44. The molecule has 1 aliphatic rings. The molecule has 32 heavy (non-hydrogen) atoms. The molecule has 0 fully saturated rings. The number of aryl methyl sites for hydroxylation is 1. The van der Waals surface area contributed by atoms with Gasteiger partial charge in [0, 0.05) is 25.2 Å². The summed E-state index contributed by atoms with van der Waals surface area (Å²) in [6.07, 6.45) is 0.586. The molecule has 0 aromatic heterocycles. The summed E-state index contributed by atoms with van der Waals surface area (Å²) in [5.74, 6) is -0.889. The predicted molar refractivity (Wildman–Crippen MR) is 121 cm³/mol. The van der Waals surface area contributed by atoms with Crippen LogP contribution in [0.25, 0.3) is 0 Å². The molecule has 1 heterocycles. The van der Waals surface area contributed by atoms with Crippen molar-refractivity contribution < 1.29 is 19.2 Å². The van der Waals surface area contributed by atoms with Gasteiger partial charge in [-0.1, -0.05) is 23.8 Å². The number of nitrogens with zero attached hydrogens (tertiary/aromatic N) is 2. The van der Waals surface area contributed by atoms with E-state index in [4.69, 9.17) is 0 Å². The molecule has 0 spiro atoms. The number of carbonyl (C=O) groups excluding carboxylic acids is 4. The second kappa shape index (κ2) is 10.2. The van der Waals surface area contributed by atoms with Crippen molar-refractivity contribution in [2.75, 3.05) is 32.5 Å². The van der Waals surface area contributed by atoms with Gasteiger partial charge in [0.2, 0.25) is 11.8 Å². The number of likely N-dealkylation sites (N-methyl/N-ethyl adjacent to an activating group) is 1. The molecular formula is C24H28N4O4. The second-order valence-corrected chi connectivity index (χ2v) is 8.18. The number of anilines is 1. The maximum Gasteiger partial charge on any atom is 0.261 e. The first kappa shape index (κ1) is 23.1. The zero-order valence-corrected chi connectivity index (χ0v) is 18.6. The molecule has 0 unspecified atom stereocenters. The highest BCUT2D eigenvalue weighted by atomic mass is 16.2. The van der Waals surface area contributed by atoms with E-state index in [0.717, 1.165) is 11.1 Å². The van der Waals surface area contributed by atoms with E-state index in [9.17, 15) is 19.2 Å². The van der Waals surface area contributed by atoms with Crippen LogP contribution < -0.4 is 10.6 Å². The monoisotopic (exact) mass is 436 g/mol. The number of amides is 4. The Morgan fingerprint density at radius 3 is 2.47 bits per heavy atom. The number of imide groups is 1. The van der Waals surface area contributed by atoms with Gasteiger partial charge in [-0.3, -0.25) is 24.1 Å². The number of benzene rings is 2. The average molecular weight is 437 g/mol. The Morgan fingerprint density at radius 1 is 0.969 bits per heavy atom. The molecule has 0 saturated carbocycles. The van der Waals surface area contributed by atoms with E-state index in [1.165, 1.54) is 4.90 Å².